The molecule has 0 aliphatic rings. The van der Waals surface area contributed by atoms with Crippen LogP contribution in [0.3, 0.4) is 0 Å². The maximum absolute atomic E-state index is 11.2. The van der Waals surface area contributed by atoms with E-state index in [1.807, 2.05) is 0 Å². The Kier molecular flexibility index (Phi) is 4.30. The van der Waals surface area contributed by atoms with Gasteiger partial charge >= 0.3 is 5.97 Å². The Morgan fingerprint density at radius 2 is 2.25 bits per heavy atom. The molecular weight excluding hydrogens is 278 g/mol. The summed E-state index contributed by atoms with van der Waals surface area (Å²) < 4.78 is 5.68. The molecular formula is C10H10BrNO4. The van der Waals surface area contributed by atoms with Crippen molar-refractivity contribution in [3.05, 3.63) is 28.6 Å². The van der Waals surface area contributed by atoms with E-state index in [9.17, 15) is 9.59 Å². The minimum absolute atomic E-state index is 0.484. The summed E-state index contributed by atoms with van der Waals surface area (Å²) in [5, 5.41) is 10.8. The van der Waals surface area contributed by atoms with Crippen molar-refractivity contribution in [1.29, 1.82) is 0 Å². The molecule has 0 aliphatic heterocycles. The van der Waals surface area contributed by atoms with E-state index in [-0.39, 0.29) is 0 Å². The number of carboxylic acid groups (broad SMARTS) is 1. The number of carbonyl (C=O) groups excluding carboxylic acids is 1. The average Bonchev–Trinajstić information content (AvgIpc) is 2.61. The zero-order valence-electron chi connectivity index (χ0n) is 8.44. The topological polar surface area (TPSA) is 79.5 Å². The van der Waals surface area contributed by atoms with Gasteiger partial charge in [0.2, 0.25) is 5.91 Å². The number of furan rings is 1. The second-order valence-electron chi connectivity index (χ2n) is 3.04. The fourth-order valence-corrected chi connectivity index (χ4v) is 1.22. The van der Waals surface area contributed by atoms with Gasteiger partial charge in [-0.2, -0.15) is 0 Å². The van der Waals surface area contributed by atoms with E-state index < -0.39 is 17.9 Å². The first-order valence-electron chi connectivity index (χ1n) is 4.46. The predicted molar refractivity (Wildman–Crippen MR) is 60.7 cm³/mol. The monoisotopic (exact) mass is 287 g/mol. The van der Waals surface area contributed by atoms with Gasteiger partial charge in [0.1, 0.15) is 11.8 Å². The number of carbonyl (C=O) groups is 2. The number of hydrogen-bond donors (Lipinski definition) is 2. The molecule has 1 aromatic rings. The molecule has 0 saturated heterocycles. The van der Waals surface area contributed by atoms with Crippen LogP contribution in [-0.2, 0) is 9.59 Å². The highest BCUT2D eigenvalue weighted by atomic mass is 79.9. The van der Waals surface area contributed by atoms with Gasteiger partial charge in [0.25, 0.3) is 0 Å². The van der Waals surface area contributed by atoms with Gasteiger partial charge in [0.15, 0.2) is 4.67 Å². The summed E-state index contributed by atoms with van der Waals surface area (Å²) in [4.78, 5) is 21.7. The van der Waals surface area contributed by atoms with Gasteiger partial charge in [-0.15, -0.1) is 0 Å². The normalized spacial score (nSPS) is 12.6. The summed E-state index contributed by atoms with van der Waals surface area (Å²) in [6.07, 6.45) is 2.67. The molecule has 16 heavy (non-hydrogen) atoms. The molecule has 0 unspecified atom stereocenters. The van der Waals surface area contributed by atoms with Gasteiger partial charge in [0, 0.05) is 6.08 Å². The number of hydrogen-bond acceptors (Lipinski definition) is 3. The number of halogens is 1. The van der Waals surface area contributed by atoms with Crippen LogP contribution in [0, 0.1) is 0 Å². The van der Waals surface area contributed by atoms with Crippen molar-refractivity contribution in [2.24, 2.45) is 0 Å². The van der Waals surface area contributed by atoms with Gasteiger partial charge in [-0.05, 0) is 41.1 Å². The Labute approximate surface area is 100 Å². The molecule has 0 aromatic carbocycles. The van der Waals surface area contributed by atoms with E-state index in [1.54, 1.807) is 12.1 Å². The van der Waals surface area contributed by atoms with Crippen LogP contribution in [0.25, 0.3) is 6.08 Å². The highest BCUT2D eigenvalue weighted by Crippen LogP contribution is 2.14. The predicted octanol–water partition coefficient (Wildman–Crippen LogP) is 1.64. The van der Waals surface area contributed by atoms with E-state index in [2.05, 4.69) is 21.2 Å². The van der Waals surface area contributed by atoms with Crippen molar-refractivity contribution in [2.75, 3.05) is 0 Å². The molecule has 5 nitrogen and oxygen atoms in total. The van der Waals surface area contributed by atoms with Gasteiger partial charge in [-0.3, -0.25) is 9.59 Å². The quantitative estimate of drug-likeness (QED) is 0.825. The summed E-state index contributed by atoms with van der Waals surface area (Å²) in [6.45, 7) is 1.39. The van der Waals surface area contributed by atoms with Crippen LogP contribution >= 0.6 is 15.9 Å². The standard InChI is InChI=1S/C10H10BrNO4/c1-6(10(14)15)12-9(13)5-3-7-2-4-8(11)16-7/h2-6H,1H3,(H,12,13)(H,14,15)/b5-3+/t6-/m0/s1. The number of nitrogens with one attached hydrogen (secondary N) is 1. The van der Waals surface area contributed by atoms with Crippen LogP contribution in [0.2, 0.25) is 0 Å². The zero-order chi connectivity index (χ0) is 12.1. The summed E-state index contributed by atoms with van der Waals surface area (Å²) in [6, 6.07) is 2.45. The van der Waals surface area contributed by atoms with Crippen molar-refractivity contribution in [3.63, 3.8) is 0 Å². The lowest BCUT2D eigenvalue weighted by Gasteiger charge is -2.05. The smallest absolute Gasteiger partial charge is 0.325 e. The Morgan fingerprint density at radius 3 is 2.75 bits per heavy atom. The molecule has 1 atom stereocenters. The third-order valence-electron chi connectivity index (χ3n) is 1.72. The average molecular weight is 288 g/mol. The van der Waals surface area contributed by atoms with Gasteiger partial charge in [0.05, 0.1) is 0 Å². The molecule has 1 amide bonds. The molecule has 0 bridgehead atoms. The molecule has 2 N–H and O–H groups in total. The van der Waals surface area contributed by atoms with E-state index in [0.717, 1.165) is 0 Å². The SMILES string of the molecule is C[C@H](NC(=O)/C=C/c1ccc(Br)o1)C(=O)O. The molecule has 86 valence electrons. The summed E-state index contributed by atoms with van der Waals surface area (Å²) in [5.41, 5.74) is 0. The van der Waals surface area contributed by atoms with Crippen LogP contribution in [0.4, 0.5) is 0 Å². The van der Waals surface area contributed by atoms with E-state index in [1.165, 1.54) is 19.1 Å². The Balaban J connectivity index is 2.51. The van der Waals surface area contributed by atoms with Crippen molar-refractivity contribution < 1.29 is 19.1 Å². The van der Waals surface area contributed by atoms with Crippen molar-refractivity contribution >= 4 is 33.9 Å². The number of rotatable bonds is 4. The van der Waals surface area contributed by atoms with Crippen LogP contribution < -0.4 is 5.32 Å². The fraction of sp³-hybridized carbons (Fsp3) is 0.200. The lowest BCUT2D eigenvalue weighted by molar-refractivity contribution is -0.140. The largest absolute Gasteiger partial charge is 0.480 e. The summed E-state index contributed by atoms with van der Waals surface area (Å²) in [5.74, 6) is -1.06. The third kappa shape index (κ3) is 3.90. The van der Waals surface area contributed by atoms with E-state index in [4.69, 9.17) is 9.52 Å². The van der Waals surface area contributed by atoms with E-state index >= 15 is 0 Å². The fourth-order valence-electron chi connectivity index (χ4n) is 0.899. The molecule has 0 radical (unpaired) electrons. The zero-order valence-corrected chi connectivity index (χ0v) is 10.0. The first-order chi connectivity index (χ1) is 7.49. The van der Waals surface area contributed by atoms with Crippen LogP contribution in [0.15, 0.2) is 27.3 Å². The lowest BCUT2D eigenvalue weighted by Crippen LogP contribution is -2.37. The Hall–Kier alpha value is -1.56. The lowest BCUT2D eigenvalue weighted by atomic mass is 10.3. The van der Waals surface area contributed by atoms with Gasteiger partial charge < -0.3 is 14.8 Å². The van der Waals surface area contributed by atoms with E-state index in [0.29, 0.717) is 10.4 Å². The molecule has 6 heteroatoms. The van der Waals surface area contributed by atoms with Gasteiger partial charge in [-0.25, -0.2) is 0 Å². The maximum Gasteiger partial charge on any atom is 0.325 e. The molecule has 1 rings (SSSR count). The maximum atomic E-state index is 11.2. The molecule has 1 heterocycles. The molecule has 0 spiro atoms. The van der Waals surface area contributed by atoms with Crippen molar-refractivity contribution in [2.45, 2.75) is 13.0 Å². The number of amides is 1. The first-order valence-corrected chi connectivity index (χ1v) is 5.25. The van der Waals surface area contributed by atoms with Crippen LogP contribution in [0.5, 0.6) is 0 Å². The third-order valence-corrected chi connectivity index (χ3v) is 2.15. The second kappa shape index (κ2) is 5.50. The van der Waals surface area contributed by atoms with Crippen molar-refractivity contribution in [3.8, 4) is 0 Å². The molecule has 1 aromatic heterocycles. The van der Waals surface area contributed by atoms with Crippen molar-refractivity contribution in [1.82, 2.24) is 5.32 Å². The molecule has 0 saturated carbocycles. The molecule has 0 aliphatic carbocycles. The highest BCUT2D eigenvalue weighted by Gasteiger charge is 2.11. The van der Waals surface area contributed by atoms with Gasteiger partial charge in [-0.1, -0.05) is 0 Å². The highest BCUT2D eigenvalue weighted by molar-refractivity contribution is 9.10. The minimum Gasteiger partial charge on any atom is -0.480 e. The summed E-state index contributed by atoms with van der Waals surface area (Å²) in [7, 11) is 0. The van der Waals surface area contributed by atoms with Crippen LogP contribution in [0.1, 0.15) is 12.7 Å². The number of aliphatic carboxylic acids is 1. The minimum atomic E-state index is -1.08. The summed E-state index contributed by atoms with van der Waals surface area (Å²) >= 11 is 3.12. The second-order valence-corrected chi connectivity index (χ2v) is 3.83. The number of carboxylic acids is 1. The molecule has 0 fully saturated rings. The Morgan fingerprint density at radius 1 is 1.56 bits per heavy atom. The Bertz CT molecular complexity index is 424. The first kappa shape index (κ1) is 12.5. The van der Waals surface area contributed by atoms with Crippen LogP contribution in [-0.4, -0.2) is 23.0 Å².